The van der Waals surface area contributed by atoms with Gasteiger partial charge in [0, 0.05) is 26.2 Å². The third-order valence-electron chi connectivity index (χ3n) is 3.67. The van der Waals surface area contributed by atoms with Crippen LogP contribution in [0.3, 0.4) is 0 Å². The van der Waals surface area contributed by atoms with Crippen LogP contribution in [0.25, 0.3) is 0 Å². The van der Waals surface area contributed by atoms with Crippen LogP contribution in [0.1, 0.15) is 11.9 Å². The van der Waals surface area contributed by atoms with Gasteiger partial charge in [0.25, 0.3) is 5.19 Å². The summed E-state index contributed by atoms with van der Waals surface area (Å²) in [6, 6.07) is 7.50. The number of phenolic OH excluding ortho intramolecular Hbond substituents is 1. The standard InChI is InChI=1S/C15H20N4O2S/c1-2-21-15-17-16-14(22-15)11-18-7-9-19(10-8-18)12-5-3-4-6-13(12)20/h3-6,20H,2,7-11H2,1H3. The van der Waals surface area contributed by atoms with Gasteiger partial charge >= 0.3 is 0 Å². The van der Waals surface area contributed by atoms with Crippen molar-refractivity contribution in [3.63, 3.8) is 0 Å². The Bertz CT molecular complexity index is 611. The van der Waals surface area contributed by atoms with E-state index in [-0.39, 0.29) is 0 Å². The number of piperazine rings is 1. The minimum Gasteiger partial charge on any atom is -0.506 e. The smallest absolute Gasteiger partial charge is 0.294 e. The Morgan fingerprint density at radius 3 is 2.68 bits per heavy atom. The second-order valence-electron chi connectivity index (χ2n) is 5.15. The number of hydrogen-bond acceptors (Lipinski definition) is 7. The third-order valence-corrected chi connectivity index (χ3v) is 4.49. The Hall–Kier alpha value is -1.86. The first-order chi connectivity index (χ1) is 10.8. The molecule has 1 saturated heterocycles. The van der Waals surface area contributed by atoms with Crippen LogP contribution in [0.4, 0.5) is 5.69 Å². The van der Waals surface area contributed by atoms with E-state index in [9.17, 15) is 5.11 Å². The fourth-order valence-corrected chi connectivity index (χ4v) is 3.34. The molecule has 0 atom stereocenters. The van der Waals surface area contributed by atoms with Crippen LogP contribution < -0.4 is 9.64 Å². The first kappa shape index (κ1) is 15.1. The Kier molecular flexibility index (Phi) is 4.74. The molecule has 0 aliphatic carbocycles. The van der Waals surface area contributed by atoms with E-state index in [1.165, 1.54) is 11.3 Å². The number of aromatic hydroxyl groups is 1. The zero-order valence-electron chi connectivity index (χ0n) is 12.6. The van der Waals surface area contributed by atoms with Crippen LogP contribution in [0.2, 0.25) is 0 Å². The van der Waals surface area contributed by atoms with Crippen molar-refractivity contribution in [1.82, 2.24) is 15.1 Å². The summed E-state index contributed by atoms with van der Waals surface area (Å²) in [7, 11) is 0. The van der Waals surface area contributed by atoms with Crippen molar-refractivity contribution in [2.75, 3.05) is 37.7 Å². The quantitative estimate of drug-likeness (QED) is 0.909. The molecule has 7 heteroatoms. The number of benzene rings is 1. The van der Waals surface area contributed by atoms with Gasteiger partial charge in [0.15, 0.2) is 0 Å². The van der Waals surface area contributed by atoms with Crippen molar-refractivity contribution in [2.24, 2.45) is 0 Å². The number of aromatic nitrogens is 2. The number of phenols is 1. The molecular formula is C15H20N4O2S. The fourth-order valence-electron chi connectivity index (χ4n) is 2.55. The third kappa shape index (κ3) is 3.48. The second kappa shape index (κ2) is 6.93. The first-order valence-corrected chi connectivity index (χ1v) is 8.28. The minimum atomic E-state index is 0.349. The second-order valence-corrected chi connectivity index (χ2v) is 6.17. The molecule has 0 unspecified atom stereocenters. The lowest BCUT2D eigenvalue weighted by atomic mass is 10.2. The van der Waals surface area contributed by atoms with Gasteiger partial charge in [-0.05, 0) is 19.1 Å². The molecule has 0 radical (unpaired) electrons. The Balaban J connectivity index is 1.54. The summed E-state index contributed by atoms with van der Waals surface area (Å²) >= 11 is 1.51. The van der Waals surface area contributed by atoms with Crippen LogP contribution in [0.15, 0.2) is 24.3 Å². The molecule has 0 amide bonds. The summed E-state index contributed by atoms with van der Waals surface area (Å²) in [6.45, 7) is 7.05. The summed E-state index contributed by atoms with van der Waals surface area (Å²) in [5, 5.41) is 19.8. The molecule has 0 spiro atoms. The van der Waals surface area contributed by atoms with E-state index in [0.717, 1.165) is 43.4 Å². The highest BCUT2D eigenvalue weighted by molar-refractivity contribution is 7.13. The predicted molar refractivity (Wildman–Crippen MR) is 86.7 cm³/mol. The summed E-state index contributed by atoms with van der Waals surface area (Å²) in [5.41, 5.74) is 0.914. The lowest BCUT2D eigenvalue weighted by Crippen LogP contribution is -2.45. The van der Waals surface area contributed by atoms with Gasteiger partial charge in [-0.1, -0.05) is 23.5 Å². The van der Waals surface area contributed by atoms with Crippen molar-refractivity contribution >= 4 is 17.0 Å². The maximum Gasteiger partial charge on any atom is 0.294 e. The summed E-state index contributed by atoms with van der Waals surface area (Å²) in [4.78, 5) is 4.57. The molecule has 1 aromatic carbocycles. The van der Waals surface area contributed by atoms with Gasteiger partial charge < -0.3 is 14.7 Å². The average molecular weight is 320 g/mol. The zero-order valence-corrected chi connectivity index (χ0v) is 13.4. The van der Waals surface area contributed by atoms with Gasteiger partial charge in [0.05, 0.1) is 18.8 Å². The lowest BCUT2D eigenvalue weighted by Gasteiger charge is -2.35. The molecule has 3 rings (SSSR count). The van der Waals surface area contributed by atoms with Gasteiger partial charge in [0.1, 0.15) is 10.8 Å². The van der Waals surface area contributed by atoms with E-state index >= 15 is 0 Å². The normalized spacial score (nSPS) is 16.0. The number of nitrogens with zero attached hydrogens (tertiary/aromatic N) is 4. The minimum absolute atomic E-state index is 0.349. The number of rotatable bonds is 5. The monoisotopic (exact) mass is 320 g/mol. The molecule has 1 fully saturated rings. The molecular weight excluding hydrogens is 300 g/mol. The van der Waals surface area contributed by atoms with Crippen molar-refractivity contribution in [3.8, 4) is 10.9 Å². The van der Waals surface area contributed by atoms with Crippen molar-refractivity contribution < 1.29 is 9.84 Å². The molecule has 1 aliphatic rings. The number of para-hydroxylation sites is 2. The first-order valence-electron chi connectivity index (χ1n) is 7.46. The topological polar surface area (TPSA) is 61.7 Å². The van der Waals surface area contributed by atoms with Crippen molar-refractivity contribution in [2.45, 2.75) is 13.5 Å². The summed E-state index contributed by atoms with van der Waals surface area (Å²) in [5.74, 6) is 0.349. The van der Waals surface area contributed by atoms with Crippen LogP contribution in [-0.2, 0) is 6.54 Å². The van der Waals surface area contributed by atoms with Gasteiger partial charge in [-0.15, -0.1) is 10.2 Å². The molecule has 0 saturated carbocycles. The maximum atomic E-state index is 9.93. The molecule has 1 N–H and O–H groups in total. The average Bonchev–Trinajstić information content (AvgIpc) is 2.96. The molecule has 1 aliphatic heterocycles. The van der Waals surface area contributed by atoms with E-state index in [4.69, 9.17) is 4.74 Å². The SMILES string of the molecule is CCOc1nnc(CN2CCN(c3ccccc3O)CC2)s1. The molecule has 6 nitrogen and oxygen atoms in total. The maximum absolute atomic E-state index is 9.93. The molecule has 1 aromatic heterocycles. The van der Waals surface area contributed by atoms with Gasteiger partial charge in [0.2, 0.25) is 0 Å². The Morgan fingerprint density at radius 2 is 1.95 bits per heavy atom. The highest BCUT2D eigenvalue weighted by Gasteiger charge is 2.20. The van der Waals surface area contributed by atoms with E-state index < -0.39 is 0 Å². The predicted octanol–water partition coefficient (Wildman–Crippen LogP) is 1.96. The highest BCUT2D eigenvalue weighted by atomic mass is 32.1. The van der Waals surface area contributed by atoms with Crippen LogP contribution in [-0.4, -0.2) is 53.0 Å². The highest BCUT2D eigenvalue weighted by Crippen LogP contribution is 2.27. The summed E-state index contributed by atoms with van der Waals surface area (Å²) < 4.78 is 5.35. The number of ether oxygens (including phenoxy) is 1. The molecule has 22 heavy (non-hydrogen) atoms. The van der Waals surface area contributed by atoms with E-state index in [1.54, 1.807) is 6.07 Å². The fraction of sp³-hybridized carbons (Fsp3) is 0.467. The Morgan fingerprint density at radius 1 is 1.18 bits per heavy atom. The zero-order chi connectivity index (χ0) is 15.4. The largest absolute Gasteiger partial charge is 0.506 e. The van der Waals surface area contributed by atoms with Crippen molar-refractivity contribution in [3.05, 3.63) is 29.3 Å². The van der Waals surface area contributed by atoms with Gasteiger partial charge in [-0.3, -0.25) is 4.90 Å². The van der Waals surface area contributed by atoms with Crippen molar-refractivity contribution in [1.29, 1.82) is 0 Å². The number of anilines is 1. The van der Waals surface area contributed by atoms with Crippen LogP contribution in [0.5, 0.6) is 10.9 Å². The van der Waals surface area contributed by atoms with Crippen LogP contribution in [0, 0.1) is 0 Å². The van der Waals surface area contributed by atoms with Crippen LogP contribution >= 0.6 is 11.3 Å². The van der Waals surface area contributed by atoms with Gasteiger partial charge in [-0.25, -0.2) is 0 Å². The van der Waals surface area contributed by atoms with Gasteiger partial charge in [-0.2, -0.15) is 0 Å². The molecule has 2 heterocycles. The molecule has 0 bridgehead atoms. The lowest BCUT2D eigenvalue weighted by molar-refractivity contribution is 0.248. The molecule has 2 aromatic rings. The number of hydrogen-bond donors (Lipinski definition) is 1. The van der Waals surface area contributed by atoms with E-state index in [2.05, 4.69) is 20.0 Å². The van der Waals surface area contributed by atoms with E-state index in [0.29, 0.717) is 17.6 Å². The Labute approximate surface area is 134 Å². The van der Waals surface area contributed by atoms with E-state index in [1.807, 2.05) is 25.1 Å². The summed E-state index contributed by atoms with van der Waals surface area (Å²) in [6.07, 6.45) is 0. The molecule has 118 valence electrons.